The molecule has 1 amide bonds. The minimum Gasteiger partial charge on any atom is -0.356 e. The molecule has 0 atom stereocenters. The molecule has 6 heteroatoms. The third-order valence-corrected chi connectivity index (χ3v) is 4.28. The van der Waals surface area contributed by atoms with E-state index in [1.54, 1.807) is 18.5 Å². The lowest BCUT2D eigenvalue weighted by Gasteiger charge is -2.23. The average molecular weight is 300 g/mol. The summed E-state index contributed by atoms with van der Waals surface area (Å²) in [5.74, 6) is 0.0256. The normalized spacial score (nSPS) is 21.5. The van der Waals surface area contributed by atoms with Crippen molar-refractivity contribution in [2.24, 2.45) is 5.92 Å². The van der Waals surface area contributed by atoms with E-state index >= 15 is 0 Å². The topological polar surface area (TPSA) is 81.6 Å². The number of rotatable bonds is 3. The van der Waals surface area contributed by atoms with Crippen molar-refractivity contribution in [3.63, 3.8) is 0 Å². The van der Waals surface area contributed by atoms with E-state index in [1.807, 2.05) is 6.07 Å². The molecule has 1 aliphatic rings. The number of halogens is 1. The Labute approximate surface area is 127 Å². The third-order valence-electron chi connectivity index (χ3n) is 4.28. The number of H-pyrrole nitrogens is 1. The molecule has 0 saturated heterocycles. The van der Waals surface area contributed by atoms with Gasteiger partial charge in [-0.2, -0.15) is 5.26 Å². The van der Waals surface area contributed by atoms with Crippen molar-refractivity contribution in [3.8, 4) is 6.19 Å². The van der Waals surface area contributed by atoms with Crippen LogP contribution in [-0.2, 0) is 6.42 Å². The molecule has 1 saturated carbocycles. The van der Waals surface area contributed by atoms with E-state index in [2.05, 4.69) is 15.3 Å². The van der Waals surface area contributed by atoms with Crippen LogP contribution >= 0.6 is 0 Å². The minimum absolute atomic E-state index is 0.408. The van der Waals surface area contributed by atoms with Crippen molar-refractivity contribution in [2.45, 2.75) is 38.3 Å². The zero-order valence-corrected chi connectivity index (χ0v) is 12.1. The number of fused-ring (bicyclic) bond motifs is 1. The number of aromatic amines is 1. The summed E-state index contributed by atoms with van der Waals surface area (Å²) in [5.41, 5.74) is 2.76. The highest BCUT2D eigenvalue weighted by Crippen LogP contribution is 2.29. The van der Waals surface area contributed by atoms with Crippen molar-refractivity contribution >= 4 is 16.9 Å². The summed E-state index contributed by atoms with van der Waals surface area (Å²) < 4.78 is 13.2. The van der Waals surface area contributed by atoms with Crippen LogP contribution in [0.25, 0.3) is 11.0 Å². The van der Waals surface area contributed by atoms with Crippen molar-refractivity contribution in [1.29, 1.82) is 5.26 Å². The molecule has 5 nitrogen and oxygen atoms in total. The Morgan fingerprint density at radius 2 is 2.23 bits per heavy atom. The second-order valence-corrected chi connectivity index (χ2v) is 5.80. The molecule has 1 fully saturated rings. The first-order chi connectivity index (χ1) is 10.7. The highest BCUT2D eigenvalue weighted by molar-refractivity contribution is 6.05. The standard InChI is InChI=1S/C16H17FN4O/c17-11-3-1-10(2-4-11)7-12-8-14-15(21-12)13(5-6-19-14)16(22)20-9-18/h5-6,8,10-11,21H,1-4,7H2,(H,20,22). The van der Waals surface area contributed by atoms with Gasteiger partial charge in [-0.05, 0) is 50.2 Å². The molecule has 0 spiro atoms. The SMILES string of the molecule is N#CNC(=O)c1ccnc2cc(CC3CCC(F)CC3)[nH]c12. The summed E-state index contributed by atoms with van der Waals surface area (Å²) in [6.45, 7) is 0. The van der Waals surface area contributed by atoms with Gasteiger partial charge in [0.2, 0.25) is 0 Å². The molecule has 0 aromatic carbocycles. The maximum absolute atomic E-state index is 13.2. The zero-order valence-electron chi connectivity index (χ0n) is 12.1. The van der Waals surface area contributed by atoms with Gasteiger partial charge in [0, 0.05) is 11.9 Å². The lowest BCUT2D eigenvalue weighted by atomic mass is 9.85. The van der Waals surface area contributed by atoms with Gasteiger partial charge < -0.3 is 4.98 Å². The molecule has 0 aliphatic heterocycles. The van der Waals surface area contributed by atoms with Gasteiger partial charge in [-0.1, -0.05) is 0 Å². The third kappa shape index (κ3) is 2.93. The molecule has 114 valence electrons. The Morgan fingerprint density at radius 1 is 1.45 bits per heavy atom. The fourth-order valence-corrected chi connectivity index (χ4v) is 3.13. The second-order valence-electron chi connectivity index (χ2n) is 5.80. The maximum Gasteiger partial charge on any atom is 0.266 e. The Hall–Kier alpha value is -2.42. The number of amides is 1. The van der Waals surface area contributed by atoms with Gasteiger partial charge in [-0.3, -0.25) is 15.1 Å². The van der Waals surface area contributed by atoms with Crippen LogP contribution in [0.2, 0.25) is 0 Å². The number of nitriles is 1. The summed E-state index contributed by atoms with van der Waals surface area (Å²) in [6, 6.07) is 3.52. The minimum atomic E-state index is -0.651. The smallest absolute Gasteiger partial charge is 0.266 e. The highest BCUT2D eigenvalue weighted by atomic mass is 19.1. The maximum atomic E-state index is 13.2. The fourth-order valence-electron chi connectivity index (χ4n) is 3.13. The van der Waals surface area contributed by atoms with Crippen LogP contribution < -0.4 is 5.32 Å². The lowest BCUT2D eigenvalue weighted by molar-refractivity contribution is 0.0974. The molecule has 3 rings (SSSR count). The van der Waals surface area contributed by atoms with Crippen LogP contribution in [-0.4, -0.2) is 22.0 Å². The van der Waals surface area contributed by atoms with Crippen LogP contribution in [0, 0.1) is 17.4 Å². The molecular formula is C16H17FN4O. The van der Waals surface area contributed by atoms with Gasteiger partial charge in [0.1, 0.15) is 6.17 Å². The molecule has 0 unspecified atom stereocenters. The number of carbonyl (C=O) groups is 1. The monoisotopic (exact) mass is 300 g/mol. The highest BCUT2D eigenvalue weighted by Gasteiger charge is 2.22. The molecule has 2 aromatic rings. The summed E-state index contributed by atoms with van der Waals surface area (Å²) in [5, 5.41) is 10.7. The number of pyridine rings is 1. The lowest BCUT2D eigenvalue weighted by Crippen LogP contribution is -2.18. The van der Waals surface area contributed by atoms with Crippen molar-refractivity contribution in [1.82, 2.24) is 15.3 Å². The van der Waals surface area contributed by atoms with E-state index in [4.69, 9.17) is 5.26 Å². The molecule has 22 heavy (non-hydrogen) atoms. The van der Waals surface area contributed by atoms with Crippen LogP contribution in [0.3, 0.4) is 0 Å². The quantitative estimate of drug-likeness (QED) is 0.675. The van der Waals surface area contributed by atoms with Gasteiger partial charge in [0.05, 0.1) is 16.6 Å². The summed E-state index contributed by atoms with van der Waals surface area (Å²) in [4.78, 5) is 19.4. The molecule has 2 aromatic heterocycles. The number of aromatic nitrogens is 2. The number of alkyl halides is 1. The first-order valence-corrected chi connectivity index (χ1v) is 7.47. The van der Waals surface area contributed by atoms with E-state index in [9.17, 15) is 9.18 Å². The summed E-state index contributed by atoms with van der Waals surface area (Å²) in [7, 11) is 0. The predicted molar refractivity (Wildman–Crippen MR) is 79.7 cm³/mol. The molecule has 0 radical (unpaired) electrons. The van der Waals surface area contributed by atoms with Gasteiger partial charge in [0.25, 0.3) is 5.91 Å². The van der Waals surface area contributed by atoms with Gasteiger partial charge >= 0.3 is 0 Å². The Kier molecular flexibility index (Phi) is 4.05. The van der Waals surface area contributed by atoms with Crippen LogP contribution in [0.5, 0.6) is 0 Å². The van der Waals surface area contributed by atoms with E-state index in [0.717, 1.165) is 25.0 Å². The number of hydrogen-bond donors (Lipinski definition) is 2. The van der Waals surface area contributed by atoms with Crippen LogP contribution in [0.15, 0.2) is 18.3 Å². The second kappa shape index (κ2) is 6.14. The fraction of sp³-hybridized carbons (Fsp3) is 0.438. The molecule has 0 bridgehead atoms. The Morgan fingerprint density at radius 3 is 2.95 bits per heavy atom. The number of hydrogen-bond acceptors (Lipinski definition) is 3. The average Bonchev–Trinajstić information content (AvgIpc) is 2.92. The van der Waals surface area contributed by atoms with Crippen molar-refractivity contribution < 1.29 is 9.18 Å². The van der Waals surface area contributed by atoms with Crippen molar-refractivity contribution in [3.05, 3.63) is 29.6 Å². The van der Waals surface area contributed by atoms with Gasteiger partial charge in [-0.25, -0.2) is 4.39 Å². The predicted octanol–water partition coefficient (Wildman–Crippen LogP) is 2.84. The zero-order chi connectivity index (χ0) is 15.5. The first kappa shape index (κ1) is 14.5. The van der Waals surface area contributed by atoms with Gasteiger partial charge in [-0.15, -0.1) is 0 Å². The van der Waals surface area contributed by atoms with E-state index in [0.29, 0.717) is 35.4 Å². The number of nitrogens with zero attached hydrogens (tertiary/aromatic N) is 2. The summed E-state index contributed by atoms with van der Waals surface area (Å²) in [6.07, 6.45) is 6.44. The first-order valence-electron chi connectivity index (χ1n) is 7.47. The van der Waals surface area contributed by atoms with E-state index < -0.39 is 12.1 Å². The molecular weight excluding hydrogens is 283 g/mol. The van der Waals surface area contributed by atoms with Gasteiger partial charge in [0.15, 0.2) is 6.19 Å². The Balaban J connectivity index is 1.82. The Bertz CT molecular complexity index is 725. The molecule has 2 heterocycles. The number of carbonyl (C=O) groups excluding carboxylic acids is 1. The van der Waals surface area contributed by atoms with E-state index in [-0.39, 0.29) is 0 Å². The molecule has 1 aliphatic carbocycles. The summed E-state index contributed by atoms with van der Waals surface area (Å²) >= 11 is 0. The molecule has 2 N–H and O–H groups in total. The van der Waals surface area contributed by atoms with E-state index in [1.165, 1.54) is 0 Å². The number of nitrogens with one attached hydrogen (secondary N) is 2. The van der Waals surface area contributed by atoms with Crippen LogP contribution in [0.4, 0.5) is 4.39 Å². The largest absolute Gasteiger partial charge is 0.356 e. The van der Waals surface area contributed by atoms with Crippen molar-refractivity contribution in [2.75, 3.05) is 0 Å². The van der Waals surface area contributed by atoms with Crippen LogP contribution in [0.1, 0.15) is 41.7 Å².